The summed E-state index contributed by atoms with van der Waals surface area (Å²) in [6, 6.07) is 12.8. The van der Waals surface area contributed by atoms with Crippen molar-refractivity contribution in [2.24, 2.45) is 0 Å². The first-order chi connectivity index (χ1) is 12.4. The molecule has 2 aromatic rings. The molecule has 0 saturated carbocycles. The maximum Gasteiger partial charge on any atom is 0.215 e. The molecule has 2 aromatic carbocycles. The van der Waals surface area contributed by atoms with Gasteiger partial charge in [-0.25, -0.2) is 17.5 Å². The third-order valence-corrected chi connectivity index (χ3v) is 5.95. The van der Waals surface area contributed by atoms with Crippen molar-refractivity contribution in [2.45, 2.75) is 25.6 Å². The number of sulfonamides is 1. The average Bonchev–Trinajstić information content (AvgIpc) is 2.61. The van der Waals surface area contributed by atoms with Gasteiger partial charge >= 0.3 is 0 Å². The Morgan fingerprint density at radius 1 is 1.08 bits per heavy atom. The van der Waals surface area contributed by atoms with Crippen molar-refractivity contribution in [3.8, 4) is 0 Å². The second kappa shape index (κ2) is 9.46. The van der Waals surface area contributed by atoms with Gasteiger partial charge in [-0.2, -0.15) is 0 Å². The summed E-state index contributed by atoms with van der Waals surface area (Å²) in [4.78, 5) is 2.15. The van der Waals surface area contributed by atoms with Crippen LogP contribution in [0.5, 0.6) is 0 Å². The summed E-state index contributed by atoms with van der Waals surface area (Å²) < 4.78 is 40.6. The van der Waals surface area contributed by atoms with Crippen molar-refractivity contribution < 1.29 is 12.8 Å². The highest BCUT2D eigenvalue weighted by Gasteiger charge is 2.22. The lowest BCUT2D eigenvalue weighted by Gasteiger charge is -2.30. The Balaban J connectivity index is 2.15. The number of benzene rings is 2. The summed E-state index contributed by atoms with van der Waals surface area (Å²) in [5, 5.41) is 0.613. The van der Waals surface area contributed by atoms with E-state index >= 15 is 0 Å². The van der Waals surface area contributed by atoms with E-state index in [1.807, 2.05) is 32.0 Å². The van der Waals surface area contributed by atoms with Gasteiger partial charge in [0, 0.05) is 17.6 Å². The zero-order valence-corrected chi connectivity index (χ0v) is 16.5. The number of rotatable bonds is 9. The second-order valence-corrected chi connectivity index (χ2v) is 8.21. The summed E-state index contributed by atoms with van der Waals surface area (Å²) in [6.07, 6.45) is 0. The molecule has 0 aliphatic heterocycles. The summed E-state index contributed by atoms with van der Waals surface area (Å²) in [5.41, 5.74) is 1.43. The van der Waals surface area contributed by atoms with E-state index in [0.29, 0.717) is 10.6 Å². The molecular formula is C19H24ClFN2O2S. The van der Waals surface area contributed by atoms with Gasteiger partial charge in [0.15, 0.2) is 0 Å². The smallest absolute Gasteiger partial charge is 0.215 e. The molecule has 0 spiro atoms. The second-order valence-electron chi connectivity index (χ2n) is 5.99. The molecule has 1 N–H and O–H groups in total. The van der Waals surface area contributed by atoms with Crippen molar-refractivity contribution in [3.63, 3.8) is 0 Å². The molecule has 1 unspecified atom stereocenters. The van der Waals surface area contributed by atoms with E-state index in [1.165, 1.54) is 24.3 Å². The van der Waals surface area contributed by atoms with Gasteiger partial charge in [-0.3, -0.25) is 4.90 Å². The standard InChI is InChI=1S/C19H24ClFN2O2S/c1-3-23(4-2)19(17-7-5-6-8-18(17)20)13-22-26(24,25)14-15-9-11-16(21)12-10-15/h5-12,19,22H,3-4,13-14H2,1-2H3. The van der Waals surface area contributed by atoms with Gasteiger partial charge < -0.3 is 0 Å². The van der Waals surface area contributed by atoms with E-state index in [2.05, 4.69) is 9.62 Å². The lowest BCUT2D eigenvalue weighted by atomic mass is 10.1. The first-order valence-corrected chi connectivity index (χ1v) is 10.6. The molecule has 0 radical (unpaired) electrons. The average molecular weight is 399 g/mol. The van der Waals surface area contributed by atoms with Crippen molar-refractivity contribution in [1.29, 1.82) is 0 Å². The normalized spacial score (nSPS) is 13.1. The van der Waals surface area contributed by atoms with Gasteiger partial charge in [0.25, 0.3) is 0 Å². The number of nitrogens with zero attached hydrogens (tertiary/aromatic N) is 1. The van der Waals surface area contributed by atoms with Gasteiger partial charge in [0.2, 0.25) is 10.0 Å². The molecule has 142 valence electrons. The van der Waals surface area contributed by atoms with Crippen LogP contribution in [0.1, 0.15) is 31.0 Å². The van der Waals surface area contributed by atoms with Crippen LogP contribution >= 0.6 is 11.6 Å². The highest BCUT2D eigenvalue weighted by Crippen LogP contribution is 2.27. The van der Waals surface area contributed by atoms with E-state index in [-0.39, 0.29) is 24.2 Å². The summed E-state index contributed by atoms with van der Waals surface area (Å²) in [5.74, 6) is -0.583. The minimum atomic E-state index is -3.56. The first kappa shape index (κ1) is 20.8. The molecule has 0 aliphatic carbocycles. The Labute approximate surface area is 160 Å². The van der Waals surface area contributed by atoms with Crippen molar-refractivity contribution in [2.75, 3.05) is 19.6 Å². The zero-order valence-electron chi connectivity index (χ0n) is 15.0. The van der Waals surface area contributed by atoms with E-state index in [9.17, 15) is 12.8 Å². The van der Waals surface area contributed by atoms with Crippen LogP contribution in [0.3, 0.4) is 0 Å². The van der Waals surface area contributed by atoms with Crippen LogP contribution in [0.25, 0.3) is 0 Å². The number of hydrogen-bond acceptors (Lipinski definition) is 3. The van der Waals surface area contributed by atoms with Crippen LogP contribution in [-0.2, 0) is 15.8 Å². The molecule has 0 bridgehead atoms. The van der Waals surface area contributed by atoms with E-state index < -0.39 is 10.0 Å². The lowest BCUT2D eigenvalue weighted by molar-refractivity contribution is 0.220. The zero-order chi connectivity index (χ0) is 19.2. The molecule has 0 heterocycles. The highest BCUT2D eigenvalue weighted by molar-refractivity contribution is 7.88. The van der Waals surface area contributed by atoms with Crippen LogP contribution in [0.4, 0.5) is 4.39 Å². The lowest BCUT2D eigenvalue weighted by Crippen LogP contribution is -2.38. The molecule has 2 rings (SSSR count). The molecule has 0 aromatic heterocycles. The van der Waals surface area contributed by atoms with Gasteiger partial charge in [0.1, 0.15) is 5.82 Å². The van der Waals surface area contributed by atoms with Crippen molar-refractivity contribution in [3.05, 3.63) is 70.5 Å². The minimum Gasteiger partial charge on any atom is -0.296 e. The fourth-order valence-electron chi connectivity index (χ4n) is 2.90. The van der Waals surface area contributed by atoms with Gasteiger partial charge in [-0.05, 0) is 42.4 Å². The van der Waals surface area contributed by atoms with Crippen LogP contribution < -0.4 is 4.72 Å². The van der Waals surface area contributed by atoms with Gasteiger partial charge in [-0.15, -0.1) is 0 Å². The van der Waals surface area contributed by atoms with E-state index in [0.717, 1.165) is 18.7 Å². The van der Waals surface area contributed by atoms with E-state index in [1.54, 1.807) is 6.07 Å². The minimum absolute atomic E-state index is 0.165. The molecule has 0 fully saturated rings. The van der Waals surface area contributed by atoms with Crippen molar-refractivity contribution in [1.82, 2.24) is 9.62 Å². The summed E-state index contributed by atoms with van der Waals surface area (Å²) >= 11 is 6.33. The molecular weight excluding hydrogens is 375 g/mol. The van der Waals surface area contributed by atoms with Crippen LogP contribution in [0.2, 0.25) is 5.02 Å². The number of halogens is 2. The van der Waals surface area contributed by atoms with Crippen LogP contribution in [0.15, 0.2) is 48.5 Å². The van der Waals surface area contributed by atoms with Crippen molar-refractivity contribution >= 4 is 21.6 Å². The third-order valence-electron chi connectivity index (χ3n) is 4.28. The molecule has 4 nitrogen and oxygen atoms in total. The Bertz CT molecular complexity index is 809. The number of likely N-dealkylation sites (N-methyl/N-ethyl adjacent to an activating group) is 1. The monoisotopic (exact) mass is 398 g/mol. The molecule has 0 saturated heterocycles. The van der Waals surface area contributed by atoms with E-state index in [4.69, 9.17) is 11.6 Å². The SMILES string of the molecule is CCN(CC)C(CNS(=O)(=O)Cc1ccc(F)cc1)c1ccccc1Cl. The Morgan fingerprint density at radius 2 is 1.69 bits per heavy atom. The molecule has 7 heteroatoms. The molecule has 0 aliphatic rings. The highest BCUT2D eigenvalue weighted by atomic mass is 35.5. The fourth-order valence-corrected chi connectivity index (χ4v) is 4.31. The fraction of sp³-hybridized carbons (Fsp3) is 0.368. The summed E-state index contributed by atoms with van der Waals surface area (Å²) in [6.45, 7) is 5.81. The maximum atomic E-state index is 13.0. The third kappa shape index (κ3) is 5.77. The Morgan fingerprint density at radius 3 is 2.27 bits per heavy atom. The largest absolute Gasteiger partial charge is 0.296 e. The Hall–Kier alpha value is -1.47. The predicted molar refractivity (Wildman–Crippen MR) is 104 cm³/mol. The number of hydrogen-bond donors (Lipinski definition) is 1. The predicted octanol–water partition coefficient (Wildman–Crippen LogP) is 3.98. The van der Waals surface area contributed by atoms with Crippen LogP contribution in [-0.4, -0.2) is 33.0 Å². The number of nitrogens with one attached hydrogen (secondary N) is 1. The van der Waals surface area contributed by atoms with Gasteiger partial charge in [-0.1, -0.05) is 55.8 Å². The molecule has 26 heavy (non-hydrogen) atoms. The topological polar surface area (TPSA) is 49.4 Å². The quantitative estimate of drug-likeness (QED) is 0.695. The molecule has 0 amide bonds. The summed E-state index contributed by atoms with van der Waals surface area (Å²) in [7, 11) is -3.56. The first-order valence-electron chi connectivity index (χ1n) is 8.56. The maximum absolute atomic E-state index is 13.0. The van der Waals surface area contributed by atoms with Crippen LogP contribution in [0, 0.1) is 5.82 Å². The molecule has 1 atom stereocenters. The van der Waals surface area contributed by atoms with Gasteiger partial charge in [0.05, 0.1) is 5.75 Å². The Kier molecular flexibility index (Phi) is 7.58.